The van der Waals surface area contributed by atoms with Crippen molar-refractivity contribution in [3.05, 3.63) is 29.8 Å². The van der Waals surface area contributed by atoms with E-state index in [-0.39, 0.29) is 18.2 Å². The van der Waals surface area contributed by atoms with E-state index in [1.165, 1.54) is 12.1 Å². The van der Waals surface area contributed by atoms with E-state index in [4.69, 9.17) is 5.73 Å². The van der Waals surface area contributed by atoms with Crippen molar-refractivity contribution in [1.29, 1.82) is 0 Å². The number of esters is 1. The van der Waals surface area contributed by atoms with Crippen molar-refractivity contribution in [2.24, 2.45) is 10.8 Å². The smallest absolute Gasteiger partial charge is 0.337 e. The average molecular weight is 233 g/mol. The van der Waals surface area contributed by atoms with E-state index in [1.54, 1.807) is 24.3 Å². The number of nitrogens with two attached hydrogens (primary N) is 1. The topological polar surface area (TPSA) is 85.0 Å². The number of hydrogen-bond acceptors (Lipinski definition) is 5. The number of anilines is 1. The lowest BCUT2D eigenvalue weighted by Gasteiger charge is -2.11. The van der Waals surface area contributed by atoms with Crippen molar-refractivity contribution in [1.82, 2.24) is 0 Å². The number of carbonyl (C=O) groups is 2. The Labute approximate surface area is 97.7 Å². The molecule has 0 aromatic heterocycles. The zero-order valence-corrected chi connectivity index (χ0v) is 9.21. The van der Waals surface area contributed by atoms with Crippen molar-refractivity contribution in [2.75, 3.05) is 12.1 Å². The predicted octanol–water partition coefficient (Wildman–Crippen LogP) is 0.482. The van der Waals surface area contributed by atoms with Gasteiger partial charge in [-0.15, -0.1) is 0 Å². The van der Waals surface area contributed by atoms with Crippen LogP contribution in [0.1, 0.15) is 16.8 Å². The minimum absolute atomic E-state index is 0.124. The summed E-state index contributed by atoms with van der Waals surface area (Å²) in [5.74, 6) is -0.326. The van der Waals surface area contributed by atoms with Crippen LogP contribution in [0.25, 0.3) is 0 Å². The van der Waals surface area contributed by atoms with Crippen molar-refractivity contribution in [3.8, 4) is 0 Å². The van der Waals surface area contributed by atoms with Crippen LogP contribution in [0.4, 0.5) is 5.69 Å². The number of hydrazone groups is 1. The summed E-state index contributed by atoms with van der Waals surface area (Å²) < 4.78 is 4.57. The van der Waals surface area contributed by atoms with Gasteiger partial charge in [0.1, 0.15) is 5.84 Å². The number of nitrogens with zero attached hydrogens (tertiary/aromatic N) is 2. The quantitative estimate of drug-likeness (QED) is 0.753. The first kappa shape index (κ1) is 11.1. The number of methoxy groups -OCH3 is 1. The monoisotopic (exact) mass is 233 g/mol. The number of ether oxygens (including phenoxy) is 1. The number of benzene rings is 1. The second-order valence-corrected chi connectivity index (χ2v) is 3.51. The molecule has 0 atom stereocenters. The molecular weight excluding hydrogens is 222 g/mol. The van der Waals surface area contributed by atoms with Gasteiger partial charge in [0.15, 0.2) is 0 Å². The van der Waals surface area contributed by atoms with Gasteiger partial charge in [-0.3, -0.25) is 4.79 Å². The highest BCUT2D eigenvalue weighted by atomic mass is 16.5. The standard InChI is InChI=1S/C11H11N3O3/c1-17-11(16)7-2-4-8(5-3-7)14-10(15)6-9(12)13-14/h2-5H,6H2,1H3,(H2,12,13). The summed E-state index contributed by atoms with van der Waals surface area (Å²) in [6.45, 7) is 0. The van der Waals surface area contributed by atoms with E-state index < -0.39 is 5.97 Å². The molecule has 1 aliphatic rings. The van der Waals surface area contributed by atoms with E-state index in [0.29, 0.717) is 11.3 Å². The molecular formula is C11H11N3O3. The lowest BCUT2D eigenvalue weighted by Crippen LogP contribution is -2.19. The van der Waals surface area contributed by atoms with Gasteiger partial charge in [0.05, 0.1) is 24.8 Å². The van der Waals surface area contributed by atoms with Gasteiger partial charge in [0.25, 0.3) is 5.91 Å². The van der Waals surface area contributed by atoms with Gasteiger partial charge >= 0.3 is 5.97 Å². The first-order valence-corrected chi connectivity index (χ1v) is 4.96. The van der Waals surface area contributed by atoms with E-state index in [9.17, 15) is 9.59 Å². The number of amidine groups is 1. The van der Waals surface area contributed by atoms with E-state index in [1.807, 2.05) is 0 Å². The van der Waals surface area contributed by atoms with Gasteiger partial charge in [-0.2, -0.15) is 10.1 Å². The first-order valence-electron chi connectivity index (χ1n) is 4.96. The maximum atomic E-state index is 11.5. The van der Waals surface area contributed by atoms with Crippen molar-refractivity contribution in [2.45, 2.75) is 6.42 Å². The van der Waals surface area contributed by atoms with Gasteiger partial charge in [0.2, 0.25) is 0 Å². The van der Waals surface area contributed by atoms with Crippen LogP contribution in [0.3, 0.4) is 0 Å². The molecule has 0 unspecified atom stereocenters. The molecule has 1 aromatic rings. The maximum Gasteiger partial charge on any atom is 0.337 e. The minimum atomic E-state index is -0.424. The molecule has 88 valence electrons. The van der Waals surface area contributed by atoms with Gasteiger partial charge in [0, 0.05) is 0 Å². The van der Waals surface area contributed by atoms with Crippen LogP contribution in [-0.2, 0) is 9.53 Å². The van der Waals surface area contributed by atoms with Crippen molar-refractivity contribution < 1.29 is 14.3 Å². The number of hydrogen-bond donors (Lipinski definition) is 1. The van der Waals surface area contributed by atoms with Crippen LogP contribution in [0, 0.1) is 0 Å². The van der Waals surface area contributed by atoms with Gasteiger partial charge in [-0.05, 0) is 24.3 Å². The summed E-state index contributed by atoms with van der Waals surface area (Å²) in [7, 11) is 1.31. The Morgan fingerprint density at radius 2 is 2.06 bits per heavy atom. The molecule has 1 aromatic carbocycles. The Morgan fingerprint density at radius 3 is 2.53 bits per heavy atom. The molecule has 0 bridgehead atoms. The summed E-state index contributed by atoms with van der Waals surface area (Å²) in [6, 6.07) is 6.37. The summed E-state index contributed by atoms with van der Waals surface area (Å²) in [5.41, 5.74) is 6.45. The maximum absolute atomic E-state index is 11.5. The van der Waals surface area contributed by atoms with E-state index in [0.717, 1.165) is 0 Å². The number of rotatable bonds is 2. The van der Waals surface area contributed by atoms with E-state index >= 15 is 0 Å². The molecule has 2 rings (SSSR count). The third-order valence-corrected chi connectivity index (χ3v) is 2.33. The van der Waals surface area contributed by atoms with Crippen molar-refractivity contribution >= 4 is 23.4 Å². The zero-order valence-electron chi connectivity index (χ0n) is 9.21. The zero-order chi connectivity index (χ0) is 12.4. The summed E-state index contributed by atoms with van der Waals surface area (Å²) in [5, 5.41) is 5.12. The molecule has 0 saturated carbocycles. The van der Waals surface area contributed by atoms with Crippen molar-refractivity contribution in [3.63, 3.8) is 0 Å². The van der Waals surface area contributed by atoms with Gasteiger partial charge < -0.3 is 10.5 Å². The summed E-state index contributed by atoms with van der Waals surface area (Å²) in [4.78, 5) is 22.7. The Balaban J connectivity index is 2.24. The molecule has 1 aliphatic heterocycles. The molecule has 0 fully saturated rings. The highest BCUT2D eigenvalue weighted by molar-refractivity contribution is 6.11. The molecule has 6 nitrogen and oxygen atoms in total. The predicted molar refractivity (Wildman–Crippen MR) is 61.5 cm³/mol. The largest absolute Gasteiger partial charge is 0.465 e. The third-order valence-electron chi connectivity index (χ3n) is 2.33. The SMILES string of the molecule is COC(=O)c1ccc(N2N=C(N)CC2=O)cc1. The molecule has 17 heavy (non-hydrogen) atoms. The van der Waals surface area contributed by atoms with Crippen LogP contribution >= 0.6 is 0 Å². The molecule has 0 saturated heterocycles. The van der Waals surface area contributed by atoms with Crippen LogP contribution in [-0.4, -0.2) is 24.8 Å². The Morgan fingerprint density at radius 1 is 1.41 bits per heavy atom. The minimum Gasteiger partial charge on any atom is -0.465 e. The van der Waals surface area contributed by atoms with Crippen LogP contribution < -0.4 is 10.7 Å². The second-order valence-electron chi connectivity index (χ2n) is 3.51. The molecule has 0 aliphatic carbocycles. The second kappa shape index (κ2) is 4.25. The summed E-state index contributed by atoms with van der Waals surface area (Å²) >= 11 is 0. The Hall–Kier alpha value is -2.37. The molecule has 1 amide bonds. The fraction of sp³-hybridized carbons (Fsp3) is 0.182. The average Bonchev–Trinajstić information content (AvgIpc) is 2.68. The fourth-order valence-corrected chi connectivity index (χ4v) is 1.51. The van der Waals surface area contributed by atoms with Gasteiger partial charge in [-0.25, -0.2) is 4.79 Å². The molecule has 0 radical (unpaired) electrons. The first-order chi connectivity index (χ1) is 8.11. The highest BCUT2D eigenvalue weighted by Crippen LogP contribution is 2.20. The van der Waals surface area contributed by atoms with Crippen LogP contribution in [0.15, 0.2) is 29.4 Å². The highest BCUT2D eigenvalue weighted by Gasteiger charge is 2.23. The molecule has 6 heteroatoms. The number of carbonyl (C=O) groups excluding carboxylic acids is 2. The Kier molecular flexibility index (Phi) is 2.78. The fourth-order valence-electron chi connectivity index (χ4n) is 1.51. The lowest BCUT2D eigenvalue weighted by atomic mass is 10.2. The lowest BCUT2D eigenvalue weighted by molar-refractivity contribution is -0.116. The normalized spacial score (nSPS) is 14.8. The van der Waals surface area contributed by atoms with Crippen LogP contribution in [0.5, 0.6) is 0 Å². The molecule has 1 heterocycles. The van der Waals surface area contributed by atoms with Crippen LogP contribution in [0.2, 0.25) is 0 Å². The molecule has 2 N–H and O–H groups in total. The van der Waals surface area contributed by atoms with E-state index in [2.05, 4.69) is 9.84 Å². The Bertz CT molecular complexity index is 493. The van der Waals surface area contributed by atoms with Gasteiger partial charge in [-0.1, -0.05) is 0 Å². The molecule has 0 spiro atoms. The summed E-state index contributed by atoms with van der Waals surface area (Å²) in [6.07, 6.45) is 0.124. The third kappa shape index (κ3) is 2.10. The number of amides is 1.